The molecule has 4 heteroatoms. The van der Waals surface area contributed by atoms with E-state index in [0.29, 0.717) is 13.2 Å². The summed E-state index contributed by atoms with van der Waals surface area (Å²) in [5, 5.41) is 0. The van der Waals surface area contributed by atoms with Gasteiger partial charge in [-0.25, -0.2) is 0 Å². The van der Waals surface area contributed by atoms with Gasteiger partial charge in [-0.05, 0) is 18.6 Å². The van der Waals surface area contributed by atoms with Gasteiger partial charge >= 0.3 is 0 Å². The van der Waals surface area contributed by atoms with Gasteiger partial charge < -0.3 is 20.1 Å². The van der Waals surface area contributed by atoms with Crippen molar-refractivity contribution in [1.82, 2.24) is 0 Å². The molecule has 0 aromatic heterocycles. The van der Waals surface area contributed by atoms with Crippen LogP contribution in [0, 0.1) is 0 Å². The summed E-state index contributed by atoms with van der Waals surface area (Å²) < 4.78 is 10.7. The molecule has 0 aliphatic carbocycles. The summed E-state index contributed by atoms with van der Waals surface area (Å²) in [6.07, 6.45) is 0.969. The highest BCUT2D eigenvalue weighted by molar-refractivity contribution is 5.52. The Balaban J connectivity index is 2.25. The lowest BCUT2D eigenvalue weighted by Gasteiger charge is -2.38. The number of rotatable bonds is 4. The minimum Gasteiger partial charge on any atom is -0.497 e. The van der Waals surface area contributed by atoms with E-state index >= 15 is 0 Å². The van der Waals surface area contributed by atoms with Crippen LogP contribution in [-0.4, -0.2) is 39.5 Å². The van der Waals surface area contributed by atoms with E-state index in [1.165, 1.54) is 0 Å². The molecule has 0 saturated carbocycles. The number of nitrogens with zero attached hydrogens (tertiary/aromatic N) is 1. The van der Waals surface area contributed by atoms with Crippen molar-refractivity contribution < 1.29 is 9.47 Å². The molecule has 2 rings (SSSR count). The van der Waals surface area contributed by atoms with E-state index in [9.17, 15) is 0 Å². The molecular weight excluding hydrogens is 216 g/mol. The van der Waals surface area contributed by atoms with Crippen molar-refractivity contribution in [1.29, 1.82) is 0 Å². The molecule has 1 heterocycles. The van der Waals surface area contributed by atoms with Gasteiger partial charge in [-0.2, -0.15) is 0 Å². The Morgan fingerprint density at radius 1 is 1.53 bits per heavy atom. The zero-order valence-electron chi connectivity index (χ0n) is 10.5. The van der Waals surface area contributed by atoms with Crippen molar-refractivity contribution in [2.24, 2.45) is 5.73 Å². The number of methoxy groups -OCH3 is 1. The van der Waals surface area contributed by atoms with Crippen LogP contribution < -0.4 is 15.4 Å². The highest BCUT2D eigenvalue weighted by atomic mass is 16.5. The number of likely N-dealkylation sites (N-methyl/N-ethyl adjacent to an activating group) is 1. The Bertz CT molecular complexity index is 375. The molecule has 1 aromatic rings. The number of anilines is 1. The van der Waals surface area contributed by atoms with Gasteiger partial charge in [0.25, 0.3) is 0 Å². The van der Waals surface area contributed by atoms with Crippen molar-refractivity contribution in [2.75, 3.05) is 38.8 Å². The Morgan fingerprint density at radius 2 is 2.35 bits per heavy atom. The molecule has 1 aliphatic heterocycles. The Morgan fingerprint density at radius 3 is 2.94 bits per heavy atom. The SMILES string of the molecule is COc1cccc(N(C)C2(CN)CCOC2)c1. The lowest BCUT2D eigenvalue weighted by Crippen LogP contribution is -2.53. The highest BCUT2D eigenvalue weighted by Crippen LogP contribution is 2.30. The first-order chi connectivity index (χ1) is 8.22. The molecule has 1 atom stereocenters. The minimum atomic E-state index is -0.0770. The Kier molecular flexibility index (Phi) is 3.54. The van der Waals surface area contributed by atoms with E-state index in [-0.39, 0.29) is 5.54 Å². The van der Waals surface area contributed by atoms with Crippen LogP contribution in [0.2, 0.25) is 0 Å². The zero-order chi connectivity index (χ0) is 12.3. The maximum atomic E-state index is 5.92. The van der Waals surface area contributed by atoms with Gasteiger partial charge in [0.2, 0.25) is 0 Å². The highest BCUT2D eigenvalue weighted by Gasteiger charge is 2.37. The summed E-state index contributed by atoms with van der Waals surface area (Å²) in [5.41, 5.74) is 6.96. The van der Waals surface area contributed by atoms with Gasteiger partial charge in [0.05, 0.1) is 19.3 Å². The van der Waals surface area contributed by atoms with E-state index in [2.05, 4.69) is 18.0 Å². The molecule has 0 spiro atoms. The Labute approximate surface area is 102 Å². The fourth-order valence-electron chi connectivity index (χ4n) is 2.25. The third-order valence-corrected chi connectivity index (χ3v) is 3.61. The summed E-state index contributed by atoms with van der Waals surface area (Å²) in [7, 11) is 3.74. The molecule has 1 saturated heterocycles. The van der Waals surface area contributed by atoms with Gasteiger partial charge in [0, 0.05) is 32.0 Å². The molecule has 17 heavy (non-hydrogen) atoms. The third kappa shape index (κ3) is 2.23. The third-order valence-electron chi connectivity index (χ3n) is 3.61. The normalized spacial score (nSPS) is 23.7. The van der Waals surface area contributed by atoms with Crippen molar-refractivity contribution >= 4 is 5.69 Å². The van der Waals surface area contributed by atoms with Gasteiger partial charge in [-0.15, -0.1) is 0 Å². The molecule has 1 unspecified atom stereocenters. The second kappa shape index (κ2) is 4.94. The second-order valence-electron chi connectivity index (χ2n) is 4.49. The van der Waals surface area contributed by atoms with E-state index < -0.39 is 0 Å². The van der Waals surface area contributed by atoms with Crippen LogP contribution >= 0.6 is 0 Å². The zero-order valence-corrected chi connectivity index (χ0v) is 10.5. The van der Waals surface area contributed by atoms with Crippen LogP contribution in [0.15, 0.2) is 24.3 Å². The van der Waals surface area contributed by atoms with Crippen molar-refractivity contribution in [3.8, 4) is 5.75 Å². The van der Waals surface area contributed by atoms with Gasteiger partial charge in [0.1, 0.15) is 5.75 Å². The average Bonchev–Trinajstić information content (AvgIpc) is 2.88. The van der Waals surface area contributed by atoms with E-state index in [1.54, 1.807) is 7.11 Å². The van der Waals surface area contributed by atoms with Crippen LogP contribution in [0.1, 0.15) is 6.42 Å². The molecule has 0 amide bonds. The van der Waals surface area contributed by atoms with Crippen molar-refractivity contribution in [2.45, 2.75) is 12.0 Å². The summed E-state index contributed by atoms with van der Waals surface area (Å²) in [4.78, 5) is 2.21. The van der Waals surface area contributed by atoms with E-state index in [1.807, 2.05) is 18.2 Å². The van der Waals surface area contributed by atoms with Crippen LogP contribution in [0.3, 0.4) is 0 Å². The number of nitrogens with two attached hydrogens (primary N) is 1. The number of hydrogen-bond donors (Lipinski definition) is 1. The van der Waals surface area contributed by atoms with Gasteiger partial charge in [-0.3, -0.25) is 0 Å². The van der Waals surface area contributed by atoms with Crippen LogP contribution in [0.25, 0.3) is 0 Å². The molecule has 1 aliphatic rings. The van der Waals surface area contributed by atoms with Crippen LogP contribution in [-0.2, 0) is 4.74 Å². The number of ether oxygens (including phenoxy) is 2. The average molecular weight is 236 g/mol. The smallest absolute Gasteiger partial charge is 0.120 e. The molecule has 0 radical (unpaired) electrons. The van der Waals surface area contributed by atoms with Gasteiger partial charge in [0.15, 0.2) is 0 Å². The first-order valence-corrected chi connectivity index (χ1v) is 5.87. The van der Waals surface area contributed by atoms with Crippen molar-refractivity contribution in [3.63, 3.8) is 0 Å². The summed E-state index contributed by atoms with van der Waals surface area (Å²) in [6.45, 7) is 2.07. The van der Waals surface area contributed by atoms with Crippen molar-refractivity contribution in [3.05, 3.63) is 24.3 Å². The molecule has 4 nitrogen and oxygen atoms in total. The molecule has 1 fully saturated rings. The maximum Gasteiger partial charge on any atom is 0.120 e. The lowest BCUT2D eigenvalue weighted by atomic mass is 9.96. The monoisotopic (exact) mass is 236 g/mol. The fourth-order valence-corrected chi connectivity index (χ4v) is 2.25. The summed E-state index contributed by atoms with van der Waals surface area (Å²) in [5.74, 6) is 0.862. The molecular formula is C13H20N2O2. The lowest BCUT2D eigenvalue weighted by molar-refractivity contribution is 0.178. The first-order valence-electron chi connectivity index (χ1n) is 5.87. The van der Waals surface area contributed by atoms with E-state index in [4.69, 9.17) is 15.2 Å². The molecule has 94 valence electrons. The largest absolute Gasteiger partial charge is 0.497 e. The van der Waals surface area contributed by atoms with Crippen LogP contribution in [0.5, 0.6) is 5.75 Å². The predicted octanol–water partition coefficient (Wildman–Crippen LogP) is 1.25. The predicted molar refractivity (Wildman–Crippen MR) is 68.6 cm³/mol. The standard InChI is InChI=1S/C13H20N2O2/c1-15(13(9-14)6-7-17-10-13)11-4-3-5-12(8-11)16-2/h3-5,8H,6-7,9-10,14H2,1-2H3. The maximum absolute atomic E-state index is 5.92. The van der Waals surface area contributed by atoms with E-state index in [0.717, 1.165) is 24.5 Å². The minimum absolute atomic E-state index is 0.0770. The number of hydrogen-bond acceptors (Lipinski definition) is 4. The fraction of sp³-hybridized carbons (Fsp3) is 0.538. The van der Waals surface area contributed by atoms with Crippen LogP contribution in [0.4, 0.5) is 5.69 Å². The van der Waals surface area contributed by atoms with Gasteiger partial charge in [-0.1, -0.05) is 6.07 Å². The molecule has 2 N–H and O–H groups in total. The summed E-state index contributed by atoms with van der Waals surface area (Å²) in [6, 6.07) is 8.02. The summed E-state index contributed by atoms with van der Waals surface area (Å²) >= 11 is 0. The quantitative estimate of drug-likeness (QED) is 0.854. The first kappa shape index (κ1) is 12.2. The topological polar surface area (TPSA) is 47.7 Å². The molecule has 1 aromatic carbocycles. The second-order valence-corrected chi connectivity index (χ2v) is 4.49. The molecule has 0 bridgehead atoms. The Hall–Kier alpha value is -1.26. The number of benzene rings is 1.